The lowest BCUT2D eigenvalue weighted by Crippen LogP contribution is -2.55. The van der Waals surface area contributed by atoms with Crippen LogP contribution in [0.25, 0.3) is 0 Å². The van der Waals surface area contributed by atoms with Crippen LogP contribution in [0, 0.1) is 5.92 Å². The van der Waals surface area contributed by atoms with Gasteiger partial charge in [-0.15, -0.1) is 11.8 Å². The van der Waals surface area contributed by atoms with E-state index in [1.807, 2.05) is 54.6 Å². The number of ether oxygens (including phenoxy) is 1. The average Bonchev–Trinajstić information content (AvgIpc) is 3.29. The lowest BCUT2D eigenvalue weighted by molar-refractivity contribution is -0.141. The van der Waals surface area contributed by atoms with Gasteiger partial charge in [0.1, 0.15) is 17.8 Å². The Hall–Kier alpha value is -4.57. The molecule has 5 rings (SSSR count). The molecule has 2 aliphatic rings. The number of hydrogen-bond acceptors (Lipinski definition) is 7. The Balaban J connectivity index is 1.29. The topological polar surface area (TPSA) is 108 Å². The van der Waals surface area contributed by atoms with Crippen molar-refractivity contribution in [3.05, 3.63) is 113 Å². The summed E-state index contributed by atoms with van der Waals surface area (Å²) in [6.45, 7) is 7.49. The highest BCUT2D eigenvalue weighted by Crippen LogP contribution is 2.31. The number of methoxy groups -OCH3 is 1. The number of thioether (sulfide) groups is 1. The molecule has 270 valence electrons. The van der Waals surface area contributed by atoms with Crippen LogP contribution in [-0.2, 0) is 21.8 Å². The van der Waals surface area contributed by atoms with Gasteiger partial charge in [0, 0.05) is 43.3 Å². The van der Waals surface area contributed by atoms with Gasteiger partial charge in [-0.3, -0.25) is 24.1 Å². The number of fused-ring (bicyclic) bond motifs is 1. The molecule has 4 unspecified atom stereocenters. The minimum absolute atomic E-state index is 0.0436. The zero-order valence-corrected chi connectivity index (χ0v) is 30.8. The predicted molar refractivity (Wildman–Crippen MR) is 203 cm³/mol. The number of benzene rings is 3. The van der Waals surface area contributed by atoms with Gasteiger partial charge in [-0.1, -0.05) is 80.9 Å². The van der Waals surface area contributed by atoms with Crippen LogP contribution >= 0.6 is 11.8 Å². The first-order chi connectivity index (χ1) is 24.7. The molecular weight excluding hydrogens is 661 g/mol. The van der Waals surface area contributed by atoms with E-state index in [2.05, 4.69) is 24.1 Å². The maximum atomic E-state index is 14.4. The van der Waals surface area contributed by atoms with Crippen molar-refractivity contribution in [3.63, 3.8) is 0 Å². The van der Waals surface area contributed by atoms with Gasteiger partial charge < -0.3 is 20.3 Å². The zero-order valence-electron chi connectivity index (χ0n) is 29.9. The number of nitrogens with zero attached hydrogens (tertiary/aromatic N) is 2. The number of rotatable bonds is 17. The van der Waals surface area contributed by atoms with E-state index in [0.717, 1.165) is 54.0 Å². The quantitative estimate of drug-likeness (QED) is 0.126. The Morgan fingerprint density at radius 2 is 1.61 bits per heavy atom. The molecule has 3 aromatic carbocycles. The van der Waals surface area contributed by atoms with Crippen LogP contribution < -0.4 is 15.4 Å². The molecule has 2 aliphatic heterocycles. The third-order valence-electron chi connectivity index (χ3n) is 10.0. The van der Waals surface area contributed by atoms with Crippen molar-refractivity contribution in [3.8, 4) is 5.75 Å². The first kappa shape index (κ1) is 37.7. The average molecular weight is 711 g/mol. The second-order valence-corrected chi connectivity index (χ2v) is 14.5. The minimum Gasteiger partial charge on any atom is -0.497 e. The molecule has 0 aromatic heterocycles. The third kappa shape index (κ3) is 9.41. The van der Waals surface area contributed by atoms with Crippen molar-refractivity contribution in [1.82, 2.24) is 20.4 Å². The summed E-state index contributed by atoms with van der Waals surface area (Å²) >= 11 is 1.75. The summed E-state index contributed by atoms with van der Waals surface area (Å²) in [6.07, 6.45) is 5.00. The minimum atomic E-state index is -0.625. The largest absolute Gasteiger partial charge is 0.497 e. The Morgan fingerprint density at radius 1 is 0.941 bits per heavy atom. The normalized spacial score (nSPS) is 18.5. The van der Waals surface area contributed by atoms with Gasteiger partial charge in [0.25, 0.3) is 11.8 Å². The Bertz CT molecular complexity index is 1650. The Kier molecular flexibility index (Phi) is 13.4. The second-order valence-electron chi connectivity index (χ2n) is 13.3. The van der Waals surface area contributed by atoms with E-state index in [-0.39, 0.29) is 28.9 Å². The van der Waals surface area contributed by atoms with Crippen LogP contribution in [-0.4, -0.2) is 78.0 Å². The van der Waals surface area contributed by atoms with E-state index in [1.54, 1.807) is 55.1 Å². The first-order valence-electron chi connectivity index (χ1n) is 17.9. The summed E-state index contributed by atoms with van der Waals surface area (Å²) in [5.41, 5.74) is 3.83. The molecule has 3 aromatic rings. The van der Waals surface area contributed by atoms with Crippen molar-refractivity contribution >= 4 is 35.4 Å². The van der Waals surface area contributed by atoms with Crippen LogP contribution in [0.5, 0.6) is 5.75 Å². The van der Waals surface area contributed by atoms with Crippen LogP contribution in [0.3, 0.4) is 0 Å². The molecule has 4 amide bonds. The molecule has 0 saturated carbocycles. The molecule has 0 radical (unpaired) electrons. The molecular formula is C41H50N4O5S. The van der Waals surface area contributed by atoms with Crippen LogP contribution in [0.1, 0.15) is 77.3 Å². The SMILES string of the molecule is C=C(NC1CC(CC)CCN(C(Cc2ccccc2)C(=O)NC)C1=O)C(CCCCN1C(=O)c2ccccc2C1=O)SCc1ccc(OC)cc1. The number of hydrogen-bond donors (Lipinski definition) is 2. The number of likely N-dealkylation sites (tertiary alicyclic amines) is 1. The first-order valence-corrected chi connectivity index (χ1v) is 19.0. The number of carbonyl (C=O) groups is 4. The summed E-state index contributed by atoms with van der Waals surface area (Å²) < 4.78 is 5.34. The number of unbranched alkanes of at least 4 members (excludes halogenated alkanes) is 1. The van der Waals surface area contributed by atoms with Gasteiger partial charge in [-0.05, 0) is 67.0 Å². The predicted octanol–water partition coefficient (Wildman–Crippen LogP) is 6.24. The highest BCUT2D eigenvalue weighted by Gasteiger charge is 2.38. The third-order valence-corrected chi connectivity index (χ3v) is 11.5. The van der Waals surface area contributed by atoms with Crippen LogP contribution in [0.15, 0.2) is 91.1 Å². The maximum absolute atomic E-state index is 14.4. The molecule has 51 heavy (non-hydrogen) atoms. The van der Waals surface area contributed by atoms with Gasteiger partial charge >= 0.3 is 0 Å². The summed E-state index contributed by atoms with van der Waals surface area (Å²) in [4.78, 5) is 56.6. The molecule has 10 heteroatoms. The number of imide groups is 1. The number of likely N-dealkylation sites (N-methyl/N-ethyl adjacent to an activating group) is 1. The molecule has 0 spiro atoms. The maximum Gasteiger partial charge on any atom is 0.261 e. The molecule has 0 aliphatic carbocycles. The van der Waals surface area contributed by atoms with E-state index >= 15 is 0 Å². The Morgan fingerprint density at radius 3 is 2.24 bits per heavy atom. The van der Waals surface area contributed by atoms with Crippen LogP contribution in [0.4, 0.5) is 0 Å². The van der Waals surface area contributed by atoms with Crippen molar-refractivity contribution in [2.75, 3.05) is 27.2 Å². The summed E-state index contributed by atoms with van der Waals surface area (Å²) in [6, 6.07) is 23.6. The fourth-order valence-corrected chi connectivity index (χ4v) is 8.16. The molecule has 2 heterocycles. The fourth-order valence-electron chi connectivity index (χ4n) is 6.97. The molecule has 1 fully saturated rings. The van der Waals surface area contributed by atoms with Gasteiger partial charge in [0.15, 0.2) is 0 Å². The van der Waals surface area contributed by atoms with Crippen LogP contribution in [0.2, 0.25) is 0 Å². The monoisotopic (exact) mass is 710 g/mol. The smallest absolute Gasteiger partial charge is 0.261 e. The van der Waals surface area contributed by atoms with E-state index in [0.29, 0.717) is 49.4 Å². The van der Waals surface area contributed by atoms with Crippen molar-refractivity contribution in [2.24, 2.45) is 5.92 Å². The van der Waals surface area contributed by atoms with E-state index < -0.39 is 12.1 Å². The molecule has 0 bridgehead atoms. The lowest BCUT2D eigenvalue weighted by Gasteiger charge is -2.33. The van der Waals surface area contributed by atoms with E-state index in [1.165, 1.54) is 4.90 Å². The van der Waals surface area contributed by atoms with Crippen molar-refractivity contribution in [2.45, 2.75) is 75.0 Å². The van der Waals surface area contributed by atoms with E-state index in [4.69, 9.17) is 4.74 Å². The molecule has 4 atom stereocenters. The second kappa shape index (κ2) is 18.1. The summed E-state index contributed by atoms with van der Waals surface area (Å²) in [5, 5.41) is 6.31. The standard InChI is InChI=1S/C41H50N4O5S/c1-5-29-22-24-44(36(38(46)42-3)26-30-13-7-6-8-14-30)41(49)35(25-29)43-28(2)37(51-27-31-18-20-32(50-4)21-19-31)17-11-12-23-45-39(47)33-15-9-10-16-34(33)40(45)48/h6-10,13-16,18-21,29,35-37,43H,2,5,11-12,17,22-27H2,1,3-4H3,(H,42,46). The van der Waals surface area contributed by atoms with Gasteiger partial charge in [-0.2, -0.15) is 0 Å². The number of amides is 4. The van der Waals surface area contributed by atoms with Gasteiger partial charge in [0.05, 0.1) is 18.2 Å². The Labute approximate surface area is 306 Å². The van der Waals surface area contributed by atoms with E-state index in [9.17, 15) is 19.2 Å². The number of carbonyl (C=O) groups excluding carboxylic acids is 4. The fraction of sp³-hybridized carbons (Fsp3) is 0.415. The van der Waals surface area contributed by atoms with Gasteiger partial charge in [-0.25, -0.2) is 0 Å². The molecule has 1 saturated heterocycles. The molecule has 9 nitrogen and oxygen atoms in total. The summed E-state index contributed by atoms with van der Waals surface area (Å²) in [5.74, 6) is 1.10. The van der Waals surface area contributed by atoms with Crippen molar-refractivity contribution < 1.29 is 23.9 Å². The summed E-state index contributed by atoms with van der Waals surface area (Å²) in [7, 11) is 3.27. The lowest BCUT2D eigenvalue weighted by atomic mass is 9.95. The molecule has 2 N–H and O–H groups in total. The zero-order chi connectivity index (χ0) is 36.3. The highest BCUT2D eigenvalue weighted by atomic mass is 32.2. The van der Waals surface area contributed by atoms with Crippen molar-refractivity contribution in [1.29, 1.82) is 0 Å². The highest BCUT2D eigenvalue weighted by molar-refractivity contribution is 7.99. The van der Waals surface area contributed by atoms with Gasteiger partial charge in [0.2, 0.25) is 11.8 Å². The number of nitrogens with one attached hydrogen (secondary N) is 2.